The Bertz CT molecular complexity index is 527. The Morgan fingerprint density at radius 1 is 1.12 bits per heavy atom. The molecule has 0 radical (unpaired) electrons. The van der Waals surface area contributed by atoms with Crippen LogP contribution < -0.4 is 18.9 Å². The fourth-order valence-corrected chi connectivity index (χ4v) is 3.80. The molecule has 80 valence electrons. The molecule has 0 atom stereocenters. The van der Waals surface area contributed by atoms with Gasteiger partial charge < -0.3 is 0 Å². The van der Waals surface area contributed by atoms with Crippen molar-refractivity contribution >= 4 is 9.84 Å². The van der Waals surface area contributed by atoms with Crippen molar-refractivity contribution in [3.05, 3.63) is 47.7 Å². The zero-order valence-corrected chi connectivity index (χ0v) is 10.6. The van der Waals surface area contributed by atoms with E-state index in [1.807, 2.05) is 13.8 Å². The molecule has 0 unspecified atom stereocenters. The van der Waals surface area contributed by atoms with Gasteiger partial charge in [-0.05, 0) is 12.1 Å². The van der Waals surface area contributed by atoms with E-state index in [2.05, 4.69) is 6.92 Å². The first-order chi connectivity index (χ1) is 6.88. The summed E-state index contributed by atoms with van der Waals surface area (Å²) in [5.74, 6) is 0. The van der Waals surface area contributed by atoms with Crippen LogP contribution in [-0.4, -0.2) is 8.42 Å². The van der Waals surface area contributed by atoms with Gasteiger partial charge in [-0.3, -0.25) is 0 Å². The van der Waals surface area contributed by atoms with E-state index >= 15 is 0 Å². The summed E-state index contributed by atoms with van der Waals surface area (Å²) in [6, 6.07) is 8.49. The van der Waals surface area contributed by atoms with E-state index in [0.717, 1.165) is 5.57 Å². The summed E-state index contributed by atoms with van der Waals surface area (Å²) in [6.07, 6.45) is 0. The van der Waals surface area contributed by atoms with Crippen molar-refractivity contribution in [1.29, 1.82) is 0 Å². The van der Waals surface area contributed by atoms with Crippen molar-refractivity contribution in [2.45, 2.75) is 18.7 Å². The second kappa shape index (κ2) is 4.00. The summed E-state index contributed by atoms with van der Waals surface area (Å²) in [4.78, 5) is 0.827. The van der Waals surface area contributed by atoms with Crippen molar-refractivity contribution in [2.75, 3.05) is 0 Å². The molecule has 1 aromatic carbocycles. The average Bonchev–Trinajstić information content (AvgIpc) is 2.68. The van der Waals surface area contributed by atoms with E-state index in [1.54, 1.807) is 30.3 Å². The van der Waals surface area contributed by atoms with E-state index in [0.29, 0.717) is 9.80 Å². The molecule has 2 nitrogen and oxygen atoms in total. The molecule has 0 aliphatic heterocycles. The largest absolute Gasteiger partial charge is 1.00 e. The number of benzene rings is 1. The van der Waals surface area contributed by atoms with Gasteiger partial charge in [0.1, 0.15) is 9.84 Å². The maximum absolute atomic E-state index is 12.1. The summed E-state index contributed by atoms with van der Waals surface area (Å²) in [7, 11) is -3.31. The number of rotatable bonds is 2. The predicted octanol–water partition coefficient (Wildman–Crippen LogP) is -0.408. The van der Waals surface area contributed by atoms with Gasteiger partial charge >= 0.3 is 18.9 Å². The van der Waals surface area contributed by atoms with E-state index < -0.39 is 9.84 Å². The molecule has 16 heavy (non-hydrogen) atoms. The van der Waals surface area contributed by atoms with Crippen molar-refractivity contribution in [1.82, 2.24) is 0 Å². The minimum Gasteiger partial charge on any atom is -0.241 e. The van der Waals surface area contributed by atoms with Crippen LogP contribution in [0.2, 0.25) is 0 Å². The van der Waals surface area contributed by atoms with Crippen LogP contribution in [0.5, 0.6) is 0 Å². The van der Waals surface area contributed by atoms with E-state index in [9.17, 15) is 8.42 Å². The zero-order valence-electron chi connectivity index (χ0n) is 9.82. The molecule has 0 N–H and O–H groups in total. The van der Waals surface area contributed by atoms with Crippen LogP contribution in [0.1, 0.15) is 13.8 Å². The van der Waals surface area contributed by atoms with Gasteiger partial charge in [-0.25, -0.2) is 20.9 Å². The molecular formula is C12H13LiO2S. The molecule has 1 aromatic rings. The van der Waals surface area contributed by atoms with Gasteiger partial charge in [-0.1, -0.05) is 42.4 Å². The molecule has 0 saturated heterocycles. The van der Waals surface area contributed by atoms with Crippen molar-refractivity contribution in [3.8, 4) is 0 Å². The Hall–Kier alpha value is -0.623. The third kappa shape index (κ3) is 1.84. The standard InChI is InChI=1S/C12H13O2S.Li/c1-9-11(12(9,2)3)15(13,14)10-7-5-4-6-8-10;/h4-8H,1H2,2-3H3;/q-1;+1. The number of sulfone groups is 1. The summed E-state index contributed by atoms with van der Waals surface area (Å²) in [6.45, 7) is 7.54. The summed E-state index contributed by atoms with van der Waals surface area (Å²) in [5, 5.41) is 0. The van der Waals surface area contributed by atoms with Gasteiger partial charge in [-0.2, -0.15) is 0 Å². The molecule has 0 fully saturated rings. The molecule has 0 saturated carbocycles. The minimum atomic E-state index is -3.31. The van der Waals surface area contributed by atoms with E-state index in [1.165, 1.54) is 0 Å². The Morgan fingerprint density at radius 3 is 1.94 bits per heavy atom. The molecule has 0 amide bonds. The molecule has 0 aromatic heterocycles. The number of hydrogen-bond donors (Lipinski definition) is 0. The summed E-state index contributed by atoms with van der Waals surface area (Å²) < 4.78 is 24.2. The van der Waals surface area contributed by atoms with E-state index in [4.69, 9.17) is 0 Å². The quantitative estimate of drug-likeness (QED) is 0.509. The normalized spacial score (nSPS) is 17.9. The van der Waals surface area contributed by atoms with Gasteiger partial charge in [0.05, 0.1) is 4.90 Å². The van der Waals surface area contributed by atoms with Crippen LogP contribution in [0.3, 0.4) is 0 Å². The summed E-state index contributed by atoms with van der Waals surface area (Å²) >= 11 is 0. The van der Waals surface area contributed by atoms with Crippen LogP contribution in [0.25, 0.3) is 0 Å². The van der Waals surface area contributed by atoms with Crippen LogP contribution in [0.4, 0.5) is 0 Å². The van der Waals surface area contributed by atoms with Crippen LogP contribution >= 0.6 is 0 Å². The fourth-order valence-electron chi connectivity index (χ4n) is 1.73. The van der Waals surface area contributed by atoms with Crippen molar-refractivity contribution in [2.24, 2.45) is 5.41 Å². The first-order valence-electron chi connectivity index (χ1n) is 4.76. The number of hydrogen-bond acceptors (Lipinski definition) is 2. The first-order valence-corrected chi connectivity index (χ1v) is 6.24. The molecule has 1 aliphatic carbocycles. The van der Waals surface area contributed by atoms with Crippen LogP contribution in [0.15, 0.2) is 45.7 Å². The monoisotopic (exact) mass is 228 g/mol. The Morgan fingerprint density at radius 2 is 1.56 bits per heavy atom. The van der Waals surface area contributed by atoms with Gasteiger partial charge in [0.15, 0.2) is 0 Å². The molecule has 2 rings (SSSR count). The van der Waals surface area contributed by atoms with Crippen LogP contribution in [0, 0.1) is 12.3 Å². The predicted molar refractivity (Wildman–Crippen MR) is 59.8 cm³/mol. The Labute approximate surface area is 109 Å². The molecule has 1 aliphatic rings. The third-order valence-corrected chi connectivity index (χ3v) is 5.04. The first kappa shape index (κ1) is 13.4. The SMILES string of the molecule is [CH2-]C1=C(S(=O)(=O)c2ccccc2)C1(C)C.[Li+]. The number of allylic oxidation sites excluding steroid dienone is 2. The maximum atomic E-state index is 12.1. The van der Waals surface area contributed by atoms with E-state index in [-0.39, 0.29) is 24.3 Å². The molecule has 0 heterocycles. The second-order valence-electron chi connectivity index (χ2n) is 4.25. The van der Waals surface area contributed by atoms with Crippen molar-refractivity contribution < 1.29 is 27.3 Å². The molecule has 0 spiro atoms. The summed E-state index contributed by atoms with van der Waals surface area (Å²) in [5.41, 5.74) is 0.376. The maximum Gasteiger partial charge on any atom is 1.00 e. The van der Waals surface area contributed by atoms with Gasteiger partial charge in [0.25, 0.3) is 0 Å². The van der Waals surface area contributed by atoms with Gasteiger partial charge in [0, 0.05) is 0 Å². The smallest absolute Gasteiger partial charge is 0.241 e. The van der Waals surface area contributed by atoms with Crippen LogP contribution in [-0.2, 0) is 9.84 Å². The zero-order chi connectivity index (χ0) is 11.3. The molecule has 0 bridgehead atoms. The second-order valence-corrected chi connectivity index (χ2v) is 6.14. The Balaban J connectivity index is 0.00000128. The molecule has 4 heteroatoms. The third-order valence-electron chi connectivity index (χ3n) is 2.86. The molecular weight excluding hydrogens is 215 g/mol. The van der Waals surface area contributed by atoms with Gasteiger partial charge in [-0.15, -0.1) is 0 Å². The van der Waals surface area contributed by atoms with Gasteiger partial charge in [0.2, 0.25) is 0 Å². The fraction of sp³-hybridized carbons (Fsp3) is 0.250. The van der Waals surface area contributed by atoms with Crippen molar-refractivity contribution in [3.63, 3.8) is 0 Å². The average molecular weight is 228 g/mol. The Kier molecular flexibility index (Phi) is 3.36. The topological polar surface area (TPSA) is 34.1 Å². The minimum absolute atomic E-state index is 0.